The smallest absolute Gasteiger partial charge is 0.258 e. The molecule has 0 aliphatic carbocycles. The van der Waals surface area contributed by atoms with Crippen LogP contribution in [-0.4, -0.2) is 45.8 Å². The zero-order valence-electron chi connectivity index (χ0n) is 15.1. The normalized spacial score (nSPS) is 11.2. The Morgan fingerprint density at radius 3 is 2.65 bits per heavy atom. The van der Waals surface area contributed by atoms with Gasteiger partial charge in [0.1, 0.15) is 12.4 Å². The van der Waals surface area contributed by atoms with Gasteiger partial charge in [-0.3, -0.25) is 9.36 Å². The molecule has 1 N–H and O–H groups in total. The van der Waals surface area contributed by atoms with Crippen LogP contribution >= 0.6 is 0 Å². The lowest BCUT2D eigenvalue weighted by Crippen LogP contribution is -2.28. The first-order valence-corrected chi connectivity index (χ1v) is 8.78. The second-order valence-corrected chi connectivity index (χ2v) is 6.00. The number of ether oxygens (including phenoxy) is 1. The Morgan fingerprint density at radius 1 is 1.12 bits per heavy atom. The van der Waals surface area contributed by atoms with Gasteiger partial charge < -0.3 is 14.7 Å². The Labute approximate surface area is 152 Å². The van der Waals surface area contributed by atoms with Gasteiger partial charge in [0.15, 0.2) is 0 Å². The molecule has 0 saturated carbocycles. The van der Waals surface area contributed by atoms with E-state index in [9.17, 15) is 9.90 Å². The van der Waals surface area contributed by atoms with E-state index in [0.29, 0.717) is 12.5 Å². The van der Waals surface area contributed by atoms with E-state index >= 15 is 0 Å². The van der Waals surface area contributed by atoms with Crippen LogP contribution < -0.4 is 10.3 Å². The zero-order valence-corrected chi connectivity index (χ0v) is 15.1. The molecule has 0 aliphatic rings. The minimum Gasteiger partial charge on any atom is -0.508 e. The Hall–Kier alpha value is -2.86. The summed E-state index contributed by atoms with van der Waals surface area (Å²) in [5, 5.41) is 10.3. The van der Waals surface area contributed by atoms with Crippen molar-refractivity contribution in [3.63, 3.8) is 0 Å². The molecule has 0 fully saturated rings. The number of rotatable bonds is 7. The van der Waals surface area contributed by atoms with E-state index in [0.717, 1.165) is 36.2 Å². The molecular weight excluding hydrogens is 330 g/mol. The van der Waals surface area contributed by atoms with Crippen LogP contribution in [0.4, 0.5) is 0 Å². The maximum absolute atomic E-state index is 12.0. The van der Waals surface area contributed by atoms with Gasteiger partial charge in [-0.05, 0) is 43.4 Å². The molecule has 0 aliphatic heterocycles. The van der Waals surface area contributed by atoms with Crippen LogP contribution in [-0.2, 0) is 0 Å². The molecule has 0 radical (unpaired) electrons. The van der Waals surface area contributed by atoms with Crippen LogP contribution in [0.25, 0.3) is 16.6 Å². The van der Waals surface area contributed by atoms with E-state index in [2.05, 4.69) is 23.7 Å². The molecule has 136 valence electrons. The summed E-state index contributed by atoms with van der Waals surface area (Å²) in [5.41, 5.74) is 1.24. The van der Waals surface area contributed by atoms with Crippen molar-refractivity contribution in [2.75, 3.05) is 26.2 Å². The molecule has 0 spiro atoms. The summed E-state index contributed by atoms with van der Waals surface area (Å²) >= 11 is 0. The highest BCUT2D eigenvalue weighted by Crippen LogP contribution is 2.20. The molecule has 0 atom stereocenters. The van der Waals surface area contributed by atoms with Crippen LogP contribution in [0.3, 0.4) is 0 Å². The van der Waals surface area contributed by atoms with Crippen molar-refractivity contribution >= 4 is 10.9 Å². The van der Waals surface area contributed by atoms with Crippen LogP contribution in [0.5, 0.6) is 11.6 Å². The predicted molar refractivity (Wildman–Crippen MR) is 102 cm³/mol. The predicted octanol–water partition coefficient (Wildman–Crippen LogP) is 2.81. The molecule has 0 saturated heterocycles. The van der Waals surface area contributed by atoms with Gasteiger partial charge in [-0.1, -0.05) is 13.8 Å². The Balaban J connectivity index is 1.78. The van der Waals surface area contributed by atoms with Crippen molar-refractivity contribution in [1.29, 1.82) is 0 Å². The van der Waals surface area contributed by atoms with E-state index in [1.54, 1.807) is 6.20 Å². The summed E-state index contributed by atoms with van der Waals surface area (Å²) in [6.07, 6.45) is 1.55. The fraction of sp³-hybridized carbons (Fsp3) is 0.300. The number of fused-ring (bicyclic) bond motifs is 1. The fourth-order valence-corrected chi connectivity index (χ4v) is 2.83. The van der Waals surface area contributed by atoms with Crippen molar-refractivity contribution in [3.8, 4) is 17.3 Å². The molecule has 1 aromatic carbocycles. The van der Waals surface area contributed by atoms with Crippen molar-refractivity contribution in [3.05, 3.63) is 59.0 Å². The maximum Gasteiger partial charge on any atom is 0.258 e. The molecule has 2 aromatic heterocycles. The van der Waals surface area contributed by atoms with Gasteiger partial charge in [-0.25, -0.2) is 4.98 Å². The number of benzene rings is 1. The van der Waals surface area contributed by atoms with E-state index in [1.165, 1.54) is 16.7 Å². The highest BCUT2D eigenvalue weighted by Gasteiger charge is 2.05. The molecular formula is C20H23N3O3. The summed E-state index contributed by atoms with van der Waals surface area (Å²) in [6.45, 7) is 7.75. The molecule has 6 heteroatoms. The van der Waals surface area contributed by atoms with Crippen LogP contribution in [0.1, 0.15) is 13.8 Å². The lowest BCUT2D eigenvalue weighted by Gasteiger charge is -2.17. The molecule has 3 rings (SSSR count). The maximum atomic E-state index is 12.0. The zero-order chi connectivity index (χ0) is 18.5. The molecule has 2 heterocycles. The summed E-state index contributed by atoms with van der Waals surface area (Å²) in [7, 11) is 0. The van der Waals surface area contributed by atoms with Gasteiger partial charge in [0.25, 0.3) is 5.56 Å². The minimum absolute atomic E-state index is 0.0415. The van der Waals surface area contributed by atoms with E-state index < -0.39 is 0 Å². The number of aromatic nitrogens is 2. The second-order valence-electron chi connectivity index (χ2n) is 6.00. The molecule has 26 heavy (non-hydrogen) atoms. The quantitative estimate of drug-likeness (QED) is 0.707. The third kappa shape index (κ3) is 4.03. The van der Waals surface area contributed by atoms with Gasteiger partial charge in [-0.15, -0.1) is 0 Å². The molecule has 3 aromatic rings. The monoisotopic (exact) mass is 353 g/mol. The van der Waals surface area contributed by atoms with Crippen molar-refractivity contribution in [1.82, 2.24) is 14.5 Å². The molecule has 0 amide bonds. The lowest BCUT2D eigenvalue weighted by atomic mass is 10.2. The summed E-state index contributed by atoms with van der Waals surface area (Å²) in [6, 6.07) is 12.0. The third-order valence-electron chi connectivity index (χ3n) is 4.38. The summed E-state index contributed by atoms with van der Waals surface area (Å²) in [5.74, 6) is 0.555. The second kappa shape index (κ2) is 8.01. The Morgan fingerprint density at radius 2 is 1.92 bits per heavy atom. The largest absolute Gasteiger partial charge is 0.508 e. The Bertz CT molecular complexity index is 948. The van der Waals surface area contributed by atoms with Gasteiger partial charge in [0.2, 0.25) is 5.88 Å². The first-order valence-electron chi connectivity index (χ1n) is 8.78. The van der Waals surface area contributed by atoms with E-state index in [4.69, 9.17) is 4.74 Å². The number of likely N-dealkylation sites (N-methyl/N-ethyl adjacent to an activating group) is 1. The summed E-state index contributed by atoms with van der Waals surface area (Å²) in [4.78, 5) is 18.8. The van der Waals surface area contributed by atoms with Crippen LogP contribution in [0.2, 0.25) is 0 Å². The van der Waals surface area contributed by atoms with Crippen LogP contribution in [0, 0.1) is 0 Å². The number of nitrogens with zero attached hydrogens (tertiary/aromatic N) is 3. The highest BCUT2D eigenvalue weighted by atomic mass is 16.5. The van der Waals surface area contributed by atoms with Gasteiger partial charge in [0.05, 0.1) is 5.52 Å². The summed E-state index contributed by atoms with van der Waals surface area (Å²) < 4.78 is 7.24. The number of pyridine rings is 2. The van der Waals surface area contributed by atoms with Crippen molar-refractivity contribution < 1.29 is 9.84 Å². The van der Waals surface area contributed by atoms with Gasteiger partial charge in [-0.2, -0.15) is 0 Å². The molecule has 0 bridgehead atoms. The first kappa shape index (κ1) is 17.9. The fourth-order valence-electron chi connectivity index (χ4n) is 2.83. The van der Waals surface area contributed by atoms with Crippen molar-refractivity contribution in [2.24, 2.45) is 0 Å². The highest BCUT2D eigenvalue weighted by molar-refractivity contribution is 5.81. The van der Waals surface area contributed by atoms with Crippen molar-refractivity contribution in [2.45, 2.75) is 13.8 Å². The number of hydrogen-bond donors (Lipinski definition) is 1. The van der Waals surface area contributed by atoms with Crippen LogP contribution in [0.15, 0.2) is 53.5 Å². The molecule has 0 unspecified atom stereocenters. The van der Waals surface area contributed by atoms with Gasteiger partial charge >= 0.3 is 0 Å². The average Bonchev–Trinajstić information content (AvgIpc) is 2.65. The SMILES string of the molecule is CCN(CC)CCOc1ccc2cc(-n3ccc(O)cc3=O)ccc2n1. The lowest BCUT2D eigenvalue weighted by molar-refractivity contribution is 0.218. The topological polar surface area (TPSA) is 67.6 Å². The van der Waals surface area contributed by atoms with E-state index in [1.807, 2.05) is 30.3 Å². The molecule has 6 nitrogen and oxygen atoms in total. The first-order chi connectivity index (χ1) is 12.6. The van der Waals surface area contributed by atoms with Gasteiger partial charge in [0, 0.05) is 35.9 Å². The number of hydrogen-bond acceptors (Lipinski definition) is 5. The Kier molecular flexibility index (Phi) is 5.53. The number of aromatic hydroxyl groups is 1. The standard InChI is InChI=1S/C20H23N3O3/c1-3-22(4-2)11-12-26-19-8-5-15-13-16(6-7-18(15)21-19)23-10-9-17(24)14-20(23)25/h5-10,13-14,24H,3-4,11-12H2,1-2H3. The average molecular weight is 353 g/mol. The third-order valence-corrected chi connectivity index (χ3v) is 4.38. The minimum atomic E-state index is -0.284. The van der Waals surface area contributed by atoms with E-state index in [-0.39, 0.29) is 11.3 Å².